The van der Waals surface area contributed by atoms with Crippen LogP contribution in [-0.2, 0) is 0 Å². The molecule has 0 aromatic heterocycles. The molecule has 0 saturated carbocycles. The minimum atomic E-state index is -0.726. The molecule has 0 unspecified atom stereocenters. The fourth-order valence-corrected chi connectivity index (χ4v) is 3.22. The molecule has 0 aliphatic heterocycles. The minimum Gasteiger partial charge on any atom is -0.288 e. The number of ketones is 1. The lowest BCUT2D eigenvalue weighted by molar-refractivity contribution is 0.103. The van der Waals surface area contributed by atoms with Crippen molar-refractivity contribution in [3.05, 3.63) is 65.7 Å². The van der Waals surface area contributed by atoms with Gasteiger partial charge < -0.3 is 0 Å². The Morgan fingerprint density at radius 1 is 1.00 bits per heavy atom. The molecule has 0 spiro atoms. The van der Waals surface area contributed by atoms with E-state index in [1.54, 1.807) is 24.3 Å². The van der Waals surface area contributed by atoms with Gasteiger partial charge in [0.05, 0.1) is 10.6 Å². The van der Waals surface area contributed by atoms with E-state index in [1.165, 1.54) is 6.07 Å². The Labute approximate surface area is 139 Å². The standard InChI is InChI=1S/C13H5Br3ClFO/c14-6-1-2-7(10(16)5-6)13(19)8-3-4-9(15)11(17)12(8)18/h1-5H. The quantitative estimate of drug-likeness (QED) is 0.388. The number of hydrogen-bond acceptors (Lipinski definition) is 1. The number of halogens is 5. The van der Waals surface area contributed by atoms with Crippen molar-refractivity contribution in [2.24, 2.45) is 0 Å². The Balaban J connectivity index is 2.53. The molecule has 6 heteroatoms. The van der Waals surface area contributed by atoms with E-state index >= 15 is 0 Å². The predicted octanol–water partition coefficient (Wildman–Crippen LogP) is 6.00. The molecule has 0 aliphatic carbocycles. The van der Waals surface area contributed by atoms with E-state index in [0.717, 1.165) is 4.47 Å². The highest BCUT2D eigenvalue weighted by Crippen LogP contribution is 2.30. The van der Waals surface area contributed by atoms with Gasteiger partial charge in [0.2, 0.25) is 0 Å². The summed E-state index contributed by atoms with van der Waals surface area (Å²) in [6.45, 7) is 0. The van der Waals surface area contributed by atoms with E-state index in [4.69, 9.17) is 11.6 Å². The van der Waals surface area contributed by atoms with Crippen molar-refractivity contribution in [3.8, 4) is 0 Å². The number of benzene rings is 2. The molecule has 1 nitrogen and oxygen atoms in total. The first kappa shape index (κ1) is 15.2. The molecule has 98 valence electrons. The summed E-state index contributed by atoms with van der Waals surface area (Å²) in [7, 11) is 0. The molecular weight excluding hydrogens is 466 g/mol. The third kappa shape index (κ3) is 3.10. The van der Waals surface area contributed by atoms with Gasteiger partial charge in [0.1, 0.15) is 0 Å². The van der Waals surface area contributed by atoms with E-state index in [-0.39, 0.29) is 10.6 Å². The number of carbonyl (C=O) groups is 1. The zero-order chi connectivity index (χ0) is 14.2. The fraction of sp³-hybridized carbons (Fsp3) is 0. The van der Waals surface area contributed by atoms with Gasteiger partial charge in [-0.3, -0.25) is 4.79 Å². The molecule has 0 amide bonds. The molecule has 0 bridgehead atoms. The Bertz CT molecular complexity index is 673. The average Bonchev–Trinajstić information content (AvgIpc) is 2.35. The molecule has 0 fully saturated rings. The van der Waals surface area contributed by atoms with Gasteiger partial charge in [-0.05, 0) is 62.2 Å². The maximum absolute atomic E-state index is 14.0. The van der Waals surface area contributed by atoms with Gasteiger partial charge in [0.25, 0.3) is 0 Å². The second kappa shape index (κ2) is 6.04. The molecule has 0 heterocycles. The summed E-state index contributed by atoms with van der Waals surface area (Å²) in [6.07, 6.45) is 0. The van der Waals surface area contributed by atoms with Crippen LogP contribution in [0.5, 0.6) is 0 Å². The first-order chi connectivity index (χ1) is 8.91. The molecule has 2 rings (SSSR count). The summed E-state index contributed by atoms with van der Waals surface area (Å²) in [5.74, 6) is -1.15. The Hall–Kier alpha value is -0.230. The second-order valence-electron chi connectivity index (χ2n) is 3.68. The van der Waals surface area contributed by atoms with Crippen LogP contribution in [0.25, 0.3) is 0 Å². The van der Waals surface area contributed by atoms with E-state index in [1.807, 2.05) is 0 Å². The van der Waals surface area contributed by atoms with E-state index in [0.29, 0.717) is 14.5 Å². The highest BCUT2D eigenvalue weighted by atomic mass is 79.9. The summed E-state index contributed by atoms with van der Waals surface area (Å²) < 4.78 is 15.8. The summed E-state index contributed by atoms with van der Waals surface area (Å²) >= 11 is 15.5. The Morgan fingerprint density at radius 2 is 1.63 bits per heavy atom. The van der Waals surface area contributed by atoms with Gasteiger partial charge in [-0.1, -0.05) is 27.5 Å². The van der Waals surface area contributed by atoms with Crippen LogP contribution in [0.1, 0.15) is 15.9 Å². The van der Waals surface area contributed by atoms with E-state index < -0.39 is 11.6 Å². The maximum Gasteiger partial charge on any atom is 0.197 e. The molecular formula is C13H5Br3ClFO. The molecule has 0 saturated heterocycles. The molecule has 0 N–H and O–H groups in total. The molecule has 0 aliphatic rings. The van der Waals surface area contributed by atoms with Crippen LogP contribution < -0.4 is 0 Å². The van der Waals surface area contributed by atoms with Crippen LogP contribution >= 0.6 is 59.4 Å². The van der Waals surface area contributed by atoms with Crippen molar-refractivity contribution < 1.29 is 9.18 Å². The first-order valence-corrected chi connectivity index (χ1v) is 7.80. The van der Waals surface area contributed by atoms with Crippen LogP contribution in [-0.4, -0.2) is 5.78 Å². The van der Waals surface area contributed by atoms with Crippen molar-refractivity contribution in [3.63, 3.8) is 0 Å². The van der Waals surface area contributed by atoms with Gasteiger partial charge in [0.15, 0.2) is 11.6 Å². The lowest BCUT2D eigenvalue weighted by Crippen LogP contribution is -2.05. The number of carbonyl (C=O) groups excluding carboxylic acids is 1. The van der Waals surface area contributed by atoms with Crippen molar-refractivity contribution in [1.29, 1.82) is 0 Å². The Morgan fingerprint density at radius 3 is 2.26 bits per heavy atom. The van der Waals surface area contributed by atoms with Crippen LogP contribution in [0, 0.1) is 5.82 Å². The maximum atomic E-state index is 14.0. The topological polar surface area (TPSA) is 17.1 Å². The van der Waals surface area contributed by atoms with Gasteiger partial charge in [-0.15, -0.1) is 0 Å². The van der Waals surface area contributed by atoms with E-state index in [2.05, 4.69) is 47.8 Å². The summed E-state index contributed by atoms with van der Waals surface area (Å²) in [4.78, 5) is 12.3. The number of rotatable bonds is 2. The highest BCUT2D eigenvalue weighted by molar-refractivity contribution is 9.11. The van der Waals surface area contributed by atoms with Gasteiger partial charge in [-0.25, -0.2) is 4.39 Å². The largest absolute Gasteiger partial charge is 0.288 e. The van der Waals surface area contributed by atoms with Gasteiger partial charge >= 0.3 is 0 Å². The number of hydrogen-bond donors (Lipinski definition) is 0. The summed E-state index contributed by atoms with van der Waals surface area (Å²) in [5.41, 5.74) is 0.316. The first-order valence-electron chi connectivity index (χ1n) is 5.05. The van der Waals surface area contributed by atoms with Crippen LogP contribution in [0.4, 0.5) is 4.39 Å². The lowest BCUT2D eigenvalue weighted by atomic mass is 10.0. The summed E-state index contributed by atoms with van der Waals surface area (Å²) in [6, 6.07) is 8.02. The third-order valence-corrected chi connectivity index (χ3v) is 4.86. The van der Waals surface area contributed by atoms with Gasteiger partial charge in [-0.2, -0.15) is 0 Å². The van der Waals surface area contributed by atoms with Gasteiger partial charge in [0, 0.05) is 19.0 Å². The molecule has 19 heavy (non-hydrogen) atoms. The highest BCUT2D eigenvalue weighted by Gasteiger charge is 2.19. The van der Waals surface area contributed by atoms with Crippen LogP contribution in [0.2, 0.25) is 5.02 Å². The van der Waals surface area contributed by atoms with Crippen molar-refractivity contribution >= 4 is 65.2 Å². The molecule has 2 aromatic rings. The Kier molecular flexibility index (Phi) is 4.82. The van der Waals surface area contributed by atoms with Crippen molar-refractivity contribution in [2.75, 3.05) is 0 Å². The van der Waals surface area contributed by atoms with Crippen LogP contribution in [0.15, 0.2) is 43.7 Å². The van der Waals surface area contributed by atoms with Crippen LogP contribution in [0.3, 0.4) is 0 Å². The zero-order valence-corrected chi connectivity index (χ0v) is 14.7. The molecule has 0 atom stereocenters. The van der Waals surface area contributed by atoms with E-state index in [9.17, 15) is 9.18 Å². The third-order valence-electron chi connectivity index (χ3n) is 2.46. The smallest absolute Gasteiger partial charge is 0.197 e. The average molecular weight is 471 g/mol. The fourth-order valence-electron chi connectivity index (χ4n) is 1.52. The summed E-state index contributed by atoms with van der Waals surface area (Å²) in [5, 5.41) is -0.0981. The van der Waals surface area contributed by atoms with Crippen molar-refractivity contribution in [1.82, 2.24) is 0 Å². The molecule has 0 radical (unpaired) electrons. The predicted molar refractivity (Wildman–Crippen MR) is 84.4 cm³/mol. The zero-order valence-electron chi connectivity index (χ0n) is 9.18. The monoisotopic (exact) mass is 468 g/mol. The normalized spacial score (nSPS) is 10.6. The SMILES string of the molecule is O=C(c1ccc(Br)cc1Br)c1ccc(Br)c(Cl)c1F. The molecule has 2 aromatic carbocycles. The van der Waals surface area contributed by atoms with Crippen molar-refractivity contribution in [2.45, 2.75) is 0 Å². The second-order valence-corrected chi connectivity index (χ2v) is 6.68. The lowest BCUT2D eigenvalue weighted by Gasteiger charge is -2.07. The minimum absolute atomic E-state index is 0.0591.